The number of nitrogens with zero attached hydrogens (tertiary/aromatic N) is 4. The Balaban J connectivity index is 2.50. The number of anilines is 1. The van der Waals surface area contributed by atoms with E-state index in [9.17, 15) is 13.2 Å². The van der Waals surface area contributed by atoms with Gasteiger partial charge in [-0.25, -0.2) is 15.8 Å². The summed E-state index contributed by atoms with van der Waals surface area (Å²) in [5.74, 6) is 4.76. The van der Waals surface area contributed by atoms with Crippen LogP contribution in [0.15, 0.2) is 18.3 Å². The molecule has 19 heavy (non-hydrogen) atoms. The van der Waals surface area contributed by atoms with Crippen molar-refractivity contribution in [1.82, 2.24) is 19.7 Å². The number of nitrogens with one attached hydrogen (secondary N) is 1. The first-order valence-corrected chi connectivity index (χ1v) is 5.40. The fourth-order valence-electron chi connectivity index (χ4n) is 1.46. The van der Waals surface area contributed by atoms with Gasteiger partial charge in [0.25, 0.3) is 0 Å². The number of nitrogen functional groups attached to an aromatic ring is 1. The predicted molar refractivity (Wildman–Crippen MR) is 61.7 cm³/mol. The summed E-state index contributed by atoms with van der Waals surface area (Å²) in [6.45, 7) is 2.48. The molecule has 0 unspecified atom stereocenters. The second-order valence-corrected chi connectivity index (χ2v) is 3.66. The van der Waals surface area contributed by atoms with Crippen LogP contribution in [0.3, 0.4) is 0 Å². The van der Waals surface area contributed by atoms with Gasteiger partial charge in [-0.2, -0.15) is 18.3 Å². The summed E-state index contributed by atoms with van der Waals surface area (Å²) < 4.78 is 39.6. The SMILES string of the molecule is CCn1ccc(-c2cc(C(F)(F)F)nc(NN)n2)n1. The molecule has 2 rings (SSSR count). The average molecular weight is 272 g/mol. The minimum Gasteiger partial charge on any atom is -0.292 e. The largest absolute Gasteiger partial charge is 0.433 e. The van der Waals surface area contributed by atoms with Crippen LogP contribution < -0.4 is 11.3 Å². The van der Waals surface area contributed by atoms with Crippen molar-refractivity contribution < 1.29 is 13.2 Å². The smallest absolute Gasteiger partial charge is 0.292 e. The Labute approximate surface area is 106 Å². The molecule has 0 saturated carbocycles. The highest BCUT2D eigenvalue weighted by Crippen LogP contribution is 2.30. The Morgan fingerprint density at radius 1 is 1.32 bits per heavy atom. The third-order valence-electron chi connectivity index (χ3n) is 2.37. The molecule has 3 N–H and O–H groups in total. The summed E-state index contributed by atoms with van der Waals surface area (Å²) in [5.41, 5.74) is 1.32. The third kappa shape index (κ3) is 2.81. The highest BCUT2D eigenvalue weighted by atomic mass is 19.4. The summed E-state index contributed by atoms with van der Waals surface area (Å²) in [4.78, 5) is 7.13. The molecular formula is C10H11F3N6. The van der Waals surface area contributed by atoms with E-state index in [0.717, 1.165) is 6.07 Å². The maximum absolute atomic E-state index is 12.7. The molecule has 9 heteroatoms. The topological polar surface area (TPSA) is 81.7 Å². The van der Waals surface area contributed by atoms with Crippen LogP contribution in [0.25, 0.3) is 11.4 Å². The number of hydrogen-bond donors (Lipinski definition) is 2. The van der Waals surface area contributed by atoms with E-state index in [2.05, 4.69) is 15.1 Å². The van der Waals surface area contributed by atoms with Crippen molar-refractivity contribution in [2.24, 2.45) is 5.84 Å². The molecule has 0 spiro atoms. The van der Waals surface area contributed by atoms with Crippen molar-refractivity contribution in [2.45, 2.75) is 19.6 Å². The monoisotopic (exact) mass is 272 g/mol. The predicted octanol–water partition coefficient (Wildman–Crippen LogP) is 1.66. The fourth-order valence-corrected chi connectivity index (χ4v) is 1.46. The minimum atomic E-state index is -4.57. The van der Waals surface area contributed by atoms with Gasteiger partial charge in [0.05, 0.1) is 5.69 Å². The van der Waals surface area contributed by atoms with E-state index in [-0.39, 0.29) is 11.6 Å². The molecule has 0 aliphatic carbocycles. The fraction of sp³-hybridized carbons (Fsp3) is 0.300. The summed E-state index contributed by atoms with van der Waals surface area (Å²) in [6.07, 6.45) is -2.92. The number of hydrogen-bond acceptors (Lipinski definition) is 5. The molecule has 0 radical (unpaired) electrons. The van der Waals surface area contributed by atoms with Gasteiger partial charge in [-0.15, -0.1) is 0 Å². The molecule has 6 nitrogen and oxygen atoms in total. The zero-order valence-corrected chi connectivity index (χ0v) is 9.94. The number of hydrazine groups is 1. The molecule has 102 valence electrons. The second kappa shape index (κ2) is 4.84. The highest BCUT2D eigenvalue weighted by molar-refractivity contribution is 5.56. The van der Waals surface area contributed by atoms with Gasteiger partial charge in [0.2, 0.25) is 5.95 Å². The molecule has 0 fully saturated rings. The van der Waals surface area contributed by atoms with E-state index in [0.29, 0.717) is 12.2 Å². The average Bonchev–Trinajstić information content (AvgIpc) is 2.86. The Hall–Kier alpha value is -2.16. The molecule has 0 saturated heterocycles. The first-order chi connectivity index (χ1) is 8.94. The van der Waals surface area contributed by atoms with Crippen molar-refractivity contribution in [3.63, 3.8) is 0 Å². The lowest BCUT2D eigenvalue weighted by atomic mass is 10.2. The molecule has 0 bridgehead atoms. The normalized spacial score (nSPS) is 11.6. The summed E-state index contributed by atoms with van der Waals surface area (Å²) in [6, 6.07) is 2.41. The van der Waals surface area contributed by atoms with Crippen LogP contribution >= 0.6 is 0 Å². The summed E-state index contributed by atoms with van der Waals surface area (Å²) >= 11 is 0. The van der Waals surface area contributed by atoms with Gasteiger partial charge < -0.3 is 0 Å². The molecule has 0 aliphatic rings. The van der Waals surface area contributed by atoms with E-state index >= 15 is 0 Å². The molecule has 2 aromatic rings. The van der Waals surface area contributed by atoms with Gasteiger partial charge in [0.1, 0.15) is 5.69 Å². The maximum atomic E-state index is 12.7. The van der Waals surface area contributed by atoms with E-state index in [1.54, 1.807) is 16.9 Å². The van der Waals surface area contributed by atoms with Gasteiger partial charge in [-0.05, 0) is 19.1 Å². The van der Waals surface area contributed by atoms with Crippen LogP contribution in [0.1, 0.15) is 12.6 Å². The van der Waals surface area contributed by atoms with Gasteiger partial charge in [0.15, 0.2) is 5.69 Å². The van der Waals surface area contributed by atoms with E-state index in [1.165, 1.54) is 0 Å². The molecule has 0 amide bonds. The van der Waals surface area contributed by atoms with Gasteiger partial charge in [0, 0.05) is 12.7 Å². The number of rotatable bonds is 3. The Morgan fingerprint density at radius 2 is 2.05 bits per heavy atom. The van der Waals surface area contributed by atoms with Gasteiger partial charge in [-0.3, -0.25) is 10.1 Å². The quantitative estimate of drug-likeness (QED) is 0.656. The van der Waals surface area contributed by atoms with Crippen LogP contribution in [0.4, 0.5) is 19.1 Å². The van der Waals surface area contributed by atoms with Crippen molar-refractivity contribution in [3.05, 3.63) is 24.0 Å². The highest BCUT2D eigenvalue weighted by Gasteiger charge is 2.34. The molecule has 0 atom stereocenters. The van der Waals surface area contributed by atoms with E-state index in [4.69, 9.17) is 5.84 Å². The van der Waals surface area contributed by atoms with Crippen LogP contribution in [-0.4, -0.2) is 19.7 Å². The lowest BCUT2D eigenvalue weighted by Crippen LogP contribution is -2.16. The summed E-state index contributed by atoms with van der Waals surface area (Å²) in [5, 5.41) is 4.09. The number of halogens is 3. The van der Waals surface area contributed by atoms with Crippen LogP contribution in [0.2, 0.25) is 0 Å². The van der Waals surface area contributed by atoms with E-state index < -0.39 is 11.9 Å². The molecule has 0 aliphatic heterocycles. The Bertz CT molecular complexity index is 577. The number of alkyl halides is 3. The lowest BCUT2D eigenvalue weighted by molar-refractivity contribution is -0.141. The number of nitrogens with two attached hydrogens (primary N) is 1. The number of aromatic nitrogens is 4. The van der Waals surface area contributed by atoms with Crippen LogP contribution in [0.5, 0.6) is 0 Å². The molecule has 2 heterocycles. The zero-order chi connectivity index (χ0) is 14.0. The van der Waals surface area contributed by atoms with Crippen molar-refractivity contribution in [1.29, 1.82) is 0 Å². The molecule has 2 aromatic heterocycles. The van der Waals surface area contributed by atoms with Crippen LogP contribution in [-0.2, 0) is 12.7 Å². The minimum absolute atomic E-state index is 0.0578. The molecule has 0 aromatic carbocycles. The van der Waals surface area contributed by atoms with Crippen molar-refractivity contribution in [3.8, 4) is 11.4 Å². The lowest BCUT2D eigenvalue weighted by Gasteiger charge is -2.08. The van der Waals surface area contributed by atoms with Gasteiger partial charge in [-0.1, -0.05) is 0 Å². The Kier molecular flexibility index (Phi) is 3.38. The first-order valence-electron chi connectivity index (χ1n) is 5.40. The maximum Gasteiger partial charge on any atom is 0.433 e. The van der Waals surface area contributed by atoms with Crippen LogP contribution in [0, 0.1) is 0 Å². The zero-order valence-electron chi connectivity index (χ0n) is 9.94. The van der Waals surface area contributed by atoms with Crippen molar-refractivity contribution in [2.75, 3.05) is 5.43 Å². The Morgan fingerprint density at radius 3 is 2.58 bits per heavy atom. The third-order valence-corrected chi connectivity index (χ3v) is 2.37. The number of aryl methyl sites for hydroxylation is 1. The first kappa shape index (κ1) is 13.3. The van der Waals surface area contributed by atoms with Crippen molar-refractivity contribution >= 4 is 5.95 Å². The summed E-state index contributed by atoms with van der Waals surface area (Å²) in [7, 11) is 0. The second-order valence-electron chi connectivity index (χ2n) is 3.66. The van der Waals surface area contributed by atoms with Gasteiger partial charge >= 0.3 is 6.18 Å². The van der Waals surface area contributed by atoms with E-state index in [1.807, 2.05) is 12.3 Å². The molecular weight excluding hydrogens is 261 g/mol. The standard InChI is InChI=1S/C10H11F3N6/c1-2-19-4-3-6(18-19)7-5-8(10(11,12)13)16-9(15-7)17-14/h3-5H,2,14H2,1H3,(H,15,16,17).